The van der Waals surface area contributed by atoms with Gasteiger partial charge < -0.3 is 20.8 Å². The van der Waals surface area contributed by atoms with Gasteiger partial charge in [0.1, 0.15) is 11.3 Å². The molecule has 1 aromatic carbocycles. The maximum Gasteiger partial charge on any atom is 0.339 e. The molecule has 0 spiro atoms. The van der Waals surface area contributed by atoms with Crippen molar-refractivity contribution in [2.45, 2.75) is 19.4 Å². The van der Waals surface area contributed by atoms with E-state index in [1.807, 2.05) is 6.92 Å². The number of carbonyl (C=O) groups is 2. The van der Waals surface area contributed by atoms with Gasteiger partial charge >= 0.3 is 5.97 Å². The Bertz CT molecular complexity index is 515. The molecule has 0 aliphatic carbocycles. The number of nitrogens with one attached hydrogen (secondary N) is 2. The van der Waals surface area contributed by atoms with E-state index >= 15 is 0 Å². The third kappa shape index (κ3) is 2.85. The molecule has 1 amide bonds. The molecule has 1 fully saturated rings. The first-order chi connectivity index (χ1) is 8.99. The maximum absolute atomic E-state index is 12.0. The number of benzene rings is 1. The molecule has 2 rings (SSSR count). The fourth-order valence-corrected chi connectivity index (χ4v) is 2.20. The molecule has 4 N–H and O–H groups in total. The fraction of sp³-hybridized carbons (Fsp3) is 0.385. The summed E-state index contributed by atoms with van der Waals surface area (Å²) in [7, 11) is 0. The Balaban J connectivity index is 2.09. The van der Waals surface area contributed by atoms with Crippen molar-refractivity contribution in [1.29, 1.82) is 0 Å². The van der Waals surface area contributed by atoms with E-state index in [2.05, 4.69) is 10.6 Å². The summed E-state index contributed by atoms with van der Waals surface area (Å²) in [4.78, 5) is 22.7. The fourth-order valence-electron chi connectivity index (χ4n) is 2.20. The number of carboxylic acid groups (broad SMARTS) is 1. The van der Waals surface area contributed by atoms with Gasteiger partial charge in [-0.25, -0.2) is 4.79 Å². The van der Waals surface area contributed by atoms with Crippen molar-refractivity contribution in [1.82, 2.24) is 5.32 Å². The van der Waals surface area contributed by atoms with Crippen LogP contribution in [0, 0.1) is 5.92 Å². The topological polar surface area (TPSA) is 98.7 Å². The van der Waals surface area contributed by atoms with Gasteiger partial charge in [-0.2, -0.15) is 0 Å². The Morgan fingerprint density at radius 1 is 1.42 bits per heavy atom. The second kappa shape index (κ2) is 5.27. The van der Waals surface area contributed by atoms with Gasteiger partial charge in [-0.3, -0.25) is 4.79 Å². The van der Waals surface area contributed by atoms with E-state index in [9.17, 15) is 14.7 Å². The first kappa shape index (κ1) is 13.4. The highest BCUT2D eigenvalue weighted by Crippen LogP contribution is 2.23. The largest absolute Gasteiger partial charge is 0.507 e. The first-order valence-corrected chi connectivity index (χ1v) is 6.09. The number of aromatic carboxylic acids is 1. The lowest BCUT2D eigenvalue weighted by molar-refractivity contribution is -0.118. The van der Waals surface area contributed by atoms with Crippen LogP contribution in [-0.4, -0.2) is 34.7 Å². The SMILES string of the molecule is CC1CCNC1C(=O)Nc1ccc(C(=O)O)c(O)c1. The second-order valence-corrected chi connectivity index (χ2v) is 4.72. The summed E-state index contributed by atoms with van der Waals surface area (Å²) >= 11 is 0. The quantitative estimate of drug-likeness (QED) is 0.653. The van der Waals surface area contributed by atoms with Crippen LogP contribution in [0.25, 0.3) is 0 Å². The lowest BCUT2D eigenvalue weighted by Gasteiger charge is -2.15. The summed E-state index contributed by atoms with van der Waals surface area (Å²) in [5.41, 5.74) is 0.193. The number of hydrogen-bond acceptors (Lipinski definition) is 4. The van der Waals surface area contributed by atoms with Crippen molar-refractivity contribution >= 4 is 17.6 Å². The molecule has 0 radical (unpaired) electrons. The zero-order valence-corrected chi connectivity index (χ0v) is 10.5. The van der Waals surface area contributed by atoms with Gasteiger partial charge in [-0.15, -0.1) is 0 Å². The van der Waals surface area contributed by atoms with Crippen molar-refractivity contribution in [2.24, 2.45) is 5.92 Å². The van der Waals surface area contributed by atoms with E-state index in [1.54, 1.807) is 0 Å². The summed E-state index contributed by atoms with van der Waals surface area (Å²) in [6, 6.07) is 3.71. The van der Waals surface area contributed by atoms with Crippen molar-refractivity contribution in [3.63, 3.8) is 0 Å². The molecule has 1 heterocycles. The zero-order valence-electron chi connectivity index (χ0n) is 10.5. The van der Waals surface area contributed by atoms with Crippen molar-refractivity contribution < 1.29 is 19.8 Å². The summed E-state index contributed by atoms with van der Waals surface area (Å²) in [6.07, 6.45) is 0.946. The zero-order chi connectivity index (χ0) is 14.0. The third-order valence-corrected chi connectivity index (χ3v) is 3.31. The van der Waals surface area contributed by atoms with Crippen LogP contribution in [0.4, 0.5) is 5.69 Å². The molecule has 6 heteroatoms. The number of anilines is 1. The maximum atomic E-state index is 12.0. The van der Waals surface area contributed by atoms with Gasteiger partial charge in [0.05, 0.1) is 6.04 Å². The lowest BCUT2D eigenvalue weighted by atomic mass is 10.0. The van der Waals surface area contributed by atoms with Crippen LogP contribution in [0.2, 0.25) is 0 Å². The van der Waals surface area contributed by atoms with E-state index in [1.165, 1.54) is 18.2 Å². The molecule has 19 heavy (non-hydrogen) atoms. The highest BCUT2D eigenvalue weighted by molar-refractivity contribution is 5.97. The molecular formula is C13H16N2O4. The molecule has 1 aromatic rings. The molecule has 2 unspecified atom stereocenters. The molecule has 2 atom stereocenters. The number of carbonyl (C=O) groups excluding carboxylic acids is 1. The van der Waals surface area contributed by atoms with Gasteiger partial charge in [-0.05, 0) is 31.0 Å². The molecular weight excluding hydrogens is 248 g/mol. The van der Waals surface area contributed by atoms with Crippen molar-refractivity contribution in [2.75, 3.05) is 11.9 Å². The predicted molar refractivity (Wildman–Crippen MR) is 69.3 cm³/mol. The molecule has 102 valence electrons. The van der Waals surface area contributed by atoms with Gasteiger partial charge in [-0.1, -0.05) is 6.92 Å². The molecule has 1 aliphatic rings. The average molecular weight is 264 g/mol. The highest BCUT2D eigenvalue weighted by Gasteiger charge is 2.29. The van der Waals surface area contributed by atoms with Crippen molar-refractivity contribution in [3.05, 3.63) is 23.8 Å². The Labute approximate surface area is 110 Å². The molecule has 6 nitrogen and oxygen atoms in total. The minimum absolute atomic E-state index is 0.174. The van der Waals surface area contributed by atoms with Crippen LogP contribution >= 0.6 is 0 Å². The van der Waals surface area contributed by atoms with Crippen LogP contribution in [0.5, 0.6) is 5.75 Å². The van der Waals surface area contributed by atoms with Gasteiger partial charge in [0.2, 0.25) is 5.91 Å². The predicted octanol–water partition coefficient (Wildman–Crippen LogP) is 1.03. The second-order valence-electron chi connectivity index (χ2n) is 4.72. The molecule has 0 saturated carbocycles. The Morgan fingerprint density at radius 3 is 2.68 bits per heavy atom. The first-order valence-electron chi connectivity index (χ1n) is 6.09. The van der Waals surface area contributed by atoms with E-state index in [0.29, 0.717) is 5.69 Å². The number of amides is 1. The number of rotatable bonds is 3. The smallest absolute Gasteiger partial charge is 0.339 e. The van der Waals surface area contributed by atoms with Crippen LogP contribution < -0.4 is 10.6 Å². The molecule has 0 bridgehead atoms. The van der Waals surface area contributed by atoms with E-state index in [4.69, 9.17) is 5.11 Å². The van der Waals surface area contributed by atoms with E-state index < -0.39 is 5.97 Å². The molecule has 1 saturated heterocycles. The highest BCUT2D eigenvalue weighted by atomic mass is 16.4. The summed E-state index contributed by atoms with van der Waals surface area (Å²) in [5, 5.41) is 24.1. The van der Waals surface area contributed by atoms with E-state index in [-0.39, 0.29) is 29.2 Å². The van der Waals surface area contributed by atoms with Gasteiger partial charge in [0, 0.05) is 11.8 Å². The minimum atomic E-state index is -1.21. The number of carboxylic acids is 1. The van der Waals surface area contributed by atoms with Crippen LogP contribution in [0.15, 0.2) is 18.2 Å². The molecule has 0 aromatic heterocycles. The van der Waals surface area contributed by atoms with Crippen LogP contribution in [0.3, 0.4) is 0 Å². The number of aromatic hydroxyl groups is 1. The Kier molecular flexibility index (Phi) is 3.71. The normalized spacial score (nSPS) is 22.2. The Morgan fingerprint density at radius 2 is 2.16 bits per heavy atom. The minimum Gasteiger partial charge on any atom is -0.507 e. The van der Waals surface area contributed by atoms with Crippen molar-refractivity contribution in [3.8, 4) is 5.75 Å². The Hall–Kier alpha value is -2.08. The summed E-state index contributed by atoms with van der Waals surface area (Å²) in [5.74, 6) is -1.49. The molecule has 1 aliphatic heterocycles. The van der Waals surface area contributed by atoms with Gasteiger partial charge in [0.15, 0.2) is 0 Å². The summed E-state index contributed by atoms with van der Waals surface area (Å²) < 4.78 is 0. The van der Waals surface area contributed by atoms with E-state index in [0.717, 1.165) is 13.0 Å². The summed E-state index contributed by atoms with van der Waals surface area (Å²) in [6.45, 7) is 2.80. The average Bonchev–Trinajstić information content (AvgIpc) is 2.75. The number of phenols is 1. The van der Waals surface area contributed by atoms with Crippen LogP contribution in [-0.2, 0) is 4.79 Å². The monoisotopic (exact) mass is 264 g/mol. The lowest BCUT2D eigenvalue weighted by Crippen LogP contribution is -2.39. The van der Waals surface area contributed by atoms with Gasteiger partial charge in [0.25, 0.3) is 0 Å². The third-order valence-electron chi connectivity index (χ3n) is 3.31. The number of hydrogen-bond donors (Lipinski definition) is 4. The standard InChI is InChI=1S/C13H16N2O4/c1-7-4-5-14-11(7)12(17)15-8-2-3-9(13(18)19)10(16)6-8/h2-3,6-7,11,14,16H,4-5H2,1H3,(H,15,17)(H,18,19). The van der Waals surface area contributed by atoms with Crippen LogP contribution in [0.1, 0.15) is 23.7 Å².